The lowest BCUT2D eigenvalue weighted by atomic mass is 9.85. The Morgan fingerprint density at radius 1 is 0.213 bits per heavy atom. The van der Waals surface area contributed by atoms with Crippen LogP contribution in [-0.4, -0.2) is 17.3 Å². The van der Waals surface area contributed by atoms with E-state index in [1.165, 1.54) is 0 Å². The van der Waals surface area contributed by atoms with E-state index in [1.807, 2.05) is 164 Å². The Balaban J connectivity index is 1.01. The summed E-state index contributed by atoms with van der Waals surface area (Å²) >= 11 is 0. The van der Waals surface area contributed by atoms with Crippen LogP contribution in [0.4, 0.5) is 0 Å². The smallest absolute Gasteiger partial charge is 0.194 e. The van der Waals surface area contributed by atoms with Crippen LogP contribution in [0.25, 0.3) is 98.0 Å². The minimum absolute atomic E-state index is 0.0251. The average molecular weight is 961 g/mol. The molecular weight excluding hydrogens is 913 g/mol. The lowest BCUT2D eigenvalue weighted by Crippen LogP contribution is -2.05. The molecule has 0 bridgehead atoms. The fourth-order valence-electron chi connectivity index (χ4n) is 11.7. The first-order chi connectivity index (χ1) is 36.7. The van der Waals surface area contributed by atoms with Gasteiger partial charge in [0.1, 0.15) is 0 Å². The molecule has 3 nitrogen and oxygen atoms in total. The number of hydrogen-bond donors (Lipinski definition) is 0. The molecule has 13 rings (SSSR count). The Bertz CT molecular complexity index is 4100. The molecule has 0 saturated heterocycles. The first-order valence-corrected chi connectivity index (χ1v) is 25.5. The Morgan fingerprint density at radius 2 is 0.400 bits per heavy atom. The van der Waals surface area contributed by atoms with Gasteiger partial charge in [-0.2, -0.15) is 0 Å². The van der Waals surface area contributed by atoms with Gasteiger partial charge >= 0.3 is 0 Å². The molecule has 0 aliphatic rings. The number of carbonyl (C=O) groups excluding carboxylic acids is 3. The summed E-state index contributed by atoms with van der Waals surface area (Å²) < 4.78 is 0. The third kappa shape index (κ3) is 7.55. The molecule has 0 spiro atoms. The van der Waals surface area contributed by atoms with Crippen molar-refractivity contribution in [3.05, 3.63) is 287 Å². The highest BCUT2D eigenvalue weighted by molar-refractivity contribution is 6.25. The maximum atomic E-state index is 14.8. The highest BCUT2D eigenvalue weighted by Crippen LogP contribution is 2.43. The standard InChI is InChI=1S/C72H48O3/c1-43-28-31-64(55-19-7-4-16-49(43)55)70(73)67-37-34-52(58-22-10-13-25-61(58)67)46-40-47(53-35-38-68(62-26-14-11-23-59(53)62)71(74)65-32-29-44(2)50-17-5-8-20-56(50)65)42-48(41-46)54-36-39-69(63-27-15-12-24-60(54)63)72(75)66-33-30-45(3)51-18-6-9-21-57(51)66/h4-42H,1-3H3. The van der Waals surface area contributed by atoms with Gasteiger partial charge in [0.2, 0.25) is 0 Å². The molecule has 75 heavy (non-hydrogen) atoms. The zero-order valence-electron chi connectivity index (χ0n) is 41.7. The zero-order chi connectivity index (χ0) is 50.9. The van der Waals surface area contributed by atoms with Crippen LogP contribution in [0.1, 0.15) is 64.5 Å². The van der Waals surface area contributed by atoms with Crippen LogP contribution in [0.3, 0.4) is 0 Å². The van der Waals surface area contributed by atoms with E-state index < -0.39 is 0 Å². The van der Waals surface area contributed by atoms with Crippen LogP contribution in [0.15, 0.2) is 237 Å². The molecule has 0 aliphatic heterocycles. The highest BCUT2D eigenvalue weighted by Gasteiger charge is 2.23. The highest BCUT2D eigenvalue weighted by atomic mass is 16.1. The second kappa shape index (κ2) is 18.2. The molecular formula is C72H48O3. The average Bonchev–Trinajstić information content (AvgIpc) is 3.48. The summed E-state index contributed by atoms with van der Waals surface area (Å²) in [6.45, 7) is 6.24. The van der Waals surface area contributed by atoms with E-state index in [2.05, 4.69) is 93.6 Å². The van der Waals surface area contributed by atoms with E-state index in [1.54, 1.807) is 0 Å². The van der Waals surface area contributed by atoms with E-state index in [9.17, 15) is 14.4 Å². The molecule has 0 N–H and O–H groups in total. The van der Waals surface area contributed by atoms with Gasteiger partial charge in [-0.15, -0.1) is 0 Å². The van der Waals surface area contributed by atoms with Gasteiger partial charge in [-0.05, 0) is 172 Å². The molecule has 0 unspecified atom stereocenters. The van der Waals surface area contributed by atoms with Crippen LogP contribution in [0, 0.1) is 20.8 Å². The molecule has 3 heteroatoms. The minimum atomic E-state index is -0.0251. The number of aryl methyl sites for hydroxylation is 3. The summed E-state index contributed by atoms with van der Waals surface area (Å²) in [6, 6.07) is 79.8. The number of carbonyl (C=O) groups is 3. The van der Waals surface area contributed by atoms with Crippen LogP contribution in [0.5, 0.6) is 0 Å². The van der Waals surface area contributed by atoms with Crippen molar-refractivity contribution in [1.82, 2.24) is 0 Å². The van der Waals surface area contributed by atoms with E-state index in [0.717, 1.165) is 115 Å². The molecule has 0 atom stereocenters. The monoisotopic (exact) mass is 960 g/mol. The Morgan fingerprint density at radius 3 is 0.640 bits per heavy atom. The third-order valence-electron chi connectivity index (χ3n) is 15.5. The first kappa shape index (κ1) is 45.3. The van der Waals surface area contributed by atoms with Crippen LogP contribution < -0.4 is 0 Å². The van der Waals surface area contributed by atoms with Crippen LogP contribution in [-0.2, 0) is 0 Å². The van der Waals surface area contributed by atoms with Crippen molar-refractivity contribution in [2.45, 2.75) is 20.8 Å². The first-order valence-electron chi connectivity index (χ1n) is 25.5. The SMILES string of the molecule is Cc1ccc(C(=O)c2ccc(-c3cc(-c4ccc(C(=O)c5ccc(C)c6ccccc56)c5ccccc45)cc(-c4ccc(C(=O)c5ccc(C)c6ccccc56)c5ccccc45)c3)c3ccccc23)c2ccccc12. The summed E-state index contributed by atoms with van der Waals surface area (Å²) in [5, 5.41) is 11.5. The molecule has 354 valence electrons. The van der Waals surface area contributed by atoms with Crippen molar-refractivity contribution < 1.29 is 14.4 Å². The molecule has 0 aliphatic carbocycles. The van der Waals surface area contributed by atoms with Gasteiger partial charge in [0.15, 0.2) is 17.3 Å². The van der Waals surface area contributed by atoms with Gasteiger partial charge in [-0.25, -0.2) is 0 Å². The Kier molecular flexibility index (Phi) is 11.0. The summed E-state index contributed by atoms with van der Waals surface area (Å²) in [4.78, 5) is 44.4. The van der Waals surface area contributed by atoms with Crippen molar-refractivity contribution in [1.29, 1.82) is 0 Å². The van der Waals surface area contributed by atoms with E-state index >= 15 is 0 Å². The van der Waals surface area contributed by atoms with Crippen LogP contribution >= 0.6 is 0 Å². The second-order valence-electron chi connectivity index (χ2n) is 19.8. The number of ketones is 3. The van der Waals surface area contributed by atoms with E-state index in [-0.39, 0.29) is 17.3 Å². The van der Waals surface area contributed by atoms with E-state index in [4.69, 9.17) is 0 Å². The van der Waals surface area contributed by atoms with Gasteiger partial charge in [-0.1, -0.05) is 200 Å². The number of rotatable bonds is 9. The fraction of sp³-hybridized carbons (Fsp3) is 0.0417. The van der Waals surface area contributed by atoms with Gasteiger partial charge in [0.05, 0.1) is 0 Å². The maximum absolute atomic E-state index is 14.8. The van der Waals surface area contributed by atoms with Crippen LogP contribution in [0.2, 0.25) is 0 Å². The molecule has 0 amide bonds. The number of benzene rings is 13. The third-order valence-corrected chi connectivity index (χ3v) is 15.5. The van der Waals surface area contributed by atoms with Gasteiger partial charge in [0.25, 0.3) is 0 Å². The van der Waals surface area contributed by atoms with Gasteiger partial charge in [0, 0.05) is 33.4 Å². The van der Waals surface area contributed by atoms with Gasteiger partial charge < -0.3 is 0 Å². The predicted octanol–water partition coefficient (Wildman–Crippen LogP) is 18.2. The summed E-state index contributed by atoms with van der Waals surface area (Å²) in [6.07, 6.45) is 0. The topological polar surface area (TPSA) is 51.2 Å². The molecule has 13 aromatic carbocycles. The predicted molar refractivity (Wildman–Crippen MR) is 312 cm³/mol. The van der Waals surface area contributed by atoms with E-state index in [0.29, 0.717) is 33.4 Å². The zero-order valence-corrected chi connectivity index (χ0v) is 41.7. The van der Waals surface area contributed by atoms with Crippen molar-refractivity contribution in [3.63, 3.8) is 0 Å². The van der Waals surface area contributed by atoms with Crippen molar-refractivity contribution in [2.75, 3.05) is 0 Å². The van der Waals surface area contributed by atoms with Gasteiger partial charge in [-0.3, -0.25) is 14.4 Å². The molecule has 0 fully saturated rings. The molecule has 0 aromatic heterocycles. The minimum Gasteiger partial charge on any atom is -0.289 e. The fourth-order valence-corrected chi connectivity index (χ4v) is 11.7. The lowest BCUT2D eigenvalue weighted by Gasteiger charge is -2.18. The Labute approximate surface area is 435 Å². The molecule has 0 radical (unpaired) electrons. The number of fused-ring (bicyclic) bond motifs is 6. The normalized spacial score (nSPS) is 11.6. The largest absolute Gasteiger partial charge is 0.289 e. The summed E-state index contributed by atoms with van der Waals surface area (Å²) in [5.41, 5.74) is 13.1. The maximum Gasteiger partial charge on any atom is 0.194 e. The van der Waals surface area contributed by atoms with Crippen molar-refractivity contribution >= 4 is 82.0 Å². The summed E-state index contributed by atoms with van der Waals surface area (Å²) in [5.74, 6) is -0.0754. The van der Waals surface area contributed by atoms with Crippen molar-refractivity contribution in [3.8, 4) is 33.4 Å². The molecule has 0 heterocycles. The lowest BCUT2D eigenvalue weighted by molar-refractivity contribution is 0.103. The molecule has 13 aromatic rings. The Hall–Kier alpha value is -9.57. The second-order valence-corrected chi connectivity index (χ2v) is 19.8. The quantitative estimate of drug-likeness (QED) is 0.135. The van der Waals surface area contributed by atoms with Crippen molar-refractivity contribution in [2.24, 2.45) is 0 Å². The summed E-state index contributed by atoms with van der Waals surface area (Å²) in [7, 11) is 0. The molecule has 0 saturated carbocycles. The number of hydrogen-bond acceptors (Lipinski definition) is 3.